The molecular formula is C14H21N3O2S. The molecule has 1 aromatic carbocycles. The van der Waals surface area contributed by atoms with E-state index in [1.807, 2.05) is 13.0 Å². The van der Waals surface area contributed by atoms with E-state index in [0.29, 0.717) is 11.5 Å². The van der Waals surface area contributed by atoms with Crippen LogP contribution in [0.15, 0.2) is 23.1 Å². The lowest BCUT2D eigenvalue weighted by Gasteiger charge is -2.18. The lowest BCUT2D eigenvalue weighted by atomic mass is 10.0. The van der Waals surface area contributed by atoms with E-state index in [2.05, 4.69) is 18.6 Å². The number of hydrogen-bond donors (Lipinski definition) is 2. The highest BCUT2D eigenvalue weighted by Crippen LogP contribution is 2.20. The maximum absolute atomic E-state index is 12.3. The number of nitrogens with one attached hydrogen (secondary N) is 1. The summed E-state index contributed by atoms with van der Waals surface area (Å²) in [4.78, 5) is 0.0208. The van der Waals surface area contributed by atoms with Gasteiger partial charge in [0.15, 0.2) is 0 Å². The lowest BCUT2D eigenvalue weighted by molar-refractivity contribution is 0.445. The standard InChI is InChI=1S/C14H21N3O2S/c1-4-10(2)7-11(3)17-20(18,19)14-6-5-12(9-15)8-13(14)16/h5-6,8,10-11,17H,4,7,16H2,1-3H3. The molecule has 1 aromatic rings. The molecule has 0 heterocycles. The summed E-state index contributed by atoms with van der Waals surface area (Å²) >= 11 is 0. The van der Waals surface area contributed by atoms with Gasteiger partial charge in [-0.3, -0.25) is 0 Å². The van der Waals surface area contributed by atoms with Crippen LogP contribution in [0.4, 0.5) is 5.69 Å². The van der Waals surface area contributed by atoms with E-state index >= 15 is 0 Å². The van der Waals surface area contributed by atoms with Crippen molar-refractivity contribution in [3.05, 3.63) is 23.8 Å². The van der Waals surface area contributed by atoms with Crippen LogP contribution in [-0.4, -0.2) is 14.5 Å². The number of hydrogen-bond acceptors (Lipinski definition) is 4. The first-order valence-corrected chi connectivity index (χ1v) is 8.10. The van der Waals surface area contributed by atoms with Crippen LogP contribution in [0.25, 0.3) is 0 Å². The van der Waals surface area contributed by atoms with Gasteiger partial charge in [-0.15, -0.1) is 0 Å². The summed E-state index contributed by atoms with van der Waals surface area (Å²) in [6.45, 7) is 5.99. The topological polar surface area (TPSA) is 96.0 Å². The van der Waals surface area contributed by atoms with Crippen molar-refractivity contribution in [2.75, 3.05) is 5.73 Å². The van der Waals surface area contributed by atoms with E-state index < -0.39 is 10.0 Å². The number of nitrogen functional groups attached to an aromatic ring is 1. The molecule has 0 aliphatic heterocycles. The monoisotopic (exact) mass is 295 g/mol. The van der Waals surface area contributed by atoms with Crippen LogP contribution in [0.2, 0.25) is 0 Å². The van der Waals surface area contributed by atoms with E-state index in [0.717, 1.165) is 12.8 Å². The first-order valence-electron chi connectivity index (χ1n) is 6.62. The minimum atomic E-state index is -3.65. The van der Waals surface area contributed by atoms with Gasteiger partial charge in [-0.2, -0.15) is 5.26 Å². The lowest BCUT2D eigenvalue weighted by Crippen LogP contribution is -2.34. The van der Waals surface area contributed by atoms with Crippen molar-refractivity contribution in [1.82, 2.24) is 4.72 Å². The second kappa shape index (κ2) is 6.73. The van der Waals surface area contributed by atoms with Gasteiger partial charge in [0, 0.05) is 6.04 Å². The van der Waals surface area contributed by atoms with Gasteiger partial charge in [-0.1, -0.05) is 20.3 Å². The molecule has 0 amide bonds. The van der Waals surface area contributed by atoms with E-state index in [1.165, 1.54) is 18.2 Å². The van der Waals surface area contributed by atoms with Gasteiger partial charge in [-0.05, 0) is 37.5 Å². The predicted molar refractivity (Wildman–Crippen MR) is 79.4 cm³/mol. The summed E-state index contributed by atoms with van der Waals surface area (Å²) in [6.07, 6.45) is 1.77. The average Bonchev–Trinajstić information content (AvgIpc) is 2.37. The van der Waals surface area contributed by atoms with Gasteiger partial charge in [0.2, 0.25) is 10.0 Å². The highest BCUT2D eigenvalue weighted by Gasteiger charge is 2.21. The van der Waals surface area contributed by atoms with Gasteiger partial charge in [0.05, 0.1) is 17.3 Å². The van der Waals surface area contributed by atoms with Crippen LogP contribution in [-0.2, 0) is 10.0 Å². The van der Waals surface area contributed by atoms with Crippen LogP contribution >= 0.6 is 0 Å². The Hall–Kier alpha value is -1.58. The molecule has 0 fully saturated rings. The third kappa shape index (κ3) is 4.22. The molecule has 6 heteroatoms. The summed E-state index contributed by atoms with van der Waals surface area (Å²) in [7, 11) is -3.65. The third-order valence-electron chi connectivity index (χ3n) is 3.24. The fourth-order valence-corrected chi connectivity index (χ4v) is 3.38. The summed E-state index contributed by atoms with van der Waals surface area (Å²) in [5.41, 5.74) is 6.15. The number of nitrogens with zero attached hydrogens (tertiary/aromatic N) is 1. The van der Waals surface area contributed by atoms with Crippen molar-refractivity contribution in [1.29, 1.82) is 5.26 Å². The maximum Gasteiger partial charge on any atom is 0.242 e. The number of anilines is 1. The van der Waals surface area contributed by atoms with Crippen LogP contribution in [0.5, 0.6) is 0 Å². The Labute approximate surface area is 120 Å². The number of nitrogens with two attached hydrogens (primary N) is 1. The molecule has 3 N–H and O–H groups in total. The summed E-state index contributed by atoms with van der Waals surface area (Å²) in [5.74, 6) is 0.450. The van der Waals surface area contributed by atoms with Crippen molar-refractivity contribution in [3.8, 4) is 6.07 Å². The normalized spacial score (nSPS) is 14.5. The molecule has 20 heavy (non-hydrogen) atoms. The molecule has 0 aliphatic carbocycles. The second-order valence-electron chi connectivity index (χ2n) is 5.14. The molecule has 0 bridgehead atoms. The van der Waals surface area contributed by atoms with Crippen LogP contribution in [0, 0.1) is 17.2 Å². The minimum absolute atomic E-state index is 0.0208. The molecule has 0 saturated heterocycles. The third-order valence-corrected chi connectivity index (χ3v) is 4.90. The zero-order valence-electron chi connectivity index (χ0n) is 12.1. The molecule has 110 valence electrons. The van der Waals surface area contributed by atoms with Gasteiger partial charge in [0.1, 0.15) is 4.90 Å². The molecular weight excluding hydrogens is 274 g/mol. The zero-order chi connectivity index (χ0) is 15.3. The fraction of sp³-hybridized carbons (Fsp3) is 0.500. The maximum atomic E-state index is 12.3. The quantitative estimate of drug-likeness (QED) is 0.787. The first kappa shape index (κ1) is 16.5. The molecule has 5 nitrogen and oxygen atoms in total. The summed E-state index contributed by atoms with van der Waals surface area (Å²) in [5, 5.41) is 8.76. The first-order chi connectivity index (χ1) is 9.30. The Bertz CT molecular complexity index is 605. The minimum Gasteiger partial charge on any atom is -0.398 e. The van der Waals surface area contributed by atoms with E-state index in [-0.39, 0.29) is 16.6 Å². The zero-order valence-corrected chi connectivity index (χ0v) is 12.9. The largest absolute Gasteiger partial charge is 0.398 e. The Morgan fingerprint density at radius 1 is 1.40 bits per heavy atom. The molecule has 0 aromatic heterocycles. The molecule has 1 rings (SSSR count). The SMILES string of the molecule is CCC(C)CC(C)NS(=O)(=O)c1ccc(C#N)cc1N. The molecule has 0 radical (unpaired) electrons. The van der Waals surface area contributed by atoms with Crippen molar-refractivity contribution in [3.63, 3.8) is 0 Å². The molecule has 2 atom stereocenters. The predicted octanol–water partition coefficient (Wildman–Crippen LogP) is 2.24. The van der Waals surface area contributed by atoms with Crippen molar-refractivity contribution in [2.24, 2.45) is 5.92 Å². The van der Waals surface area contributed by atoms with E-state index in [1.54, 1.807) is 0 Å². The summed E-state index contributed by atoms with van der Waals surface area (Å²) < 4.78 is 27.1. The fourth-order valence-electron chi connectivity index (χ4n) is 2.01. The molecule has 0 spiro atoms. The Balaban J connectivity index is 2.92. The second-order valence-corrected chi connectivity index (χ2v) is 6.82. The van der Waals surface area contributed by atoms with E-state index in [9.17, 15) is 8.42 Å². The van der Waals surface area contributed by atoms with Gasteiger partial charge in [-0.25, -0.2) is 13.1 Å². The number of rotatable bonds is 6. The summed E-state index contributed by atoms with van der Waals surface area (Å²) in [6, 6.07) is 5.95. The van der Waals surface area contributed by atoms with Crippen LogP contribution in [0.1, 0.15) is 39.2 Å². The molecule has 0 saturated carbocycles. The van der Waals surface area contributed by atoms with Gasteiger partial charge in [0.25, 0.3) is 0 Å². The Kier molecular flexibility index (Phi) is 5.54. The van der Waals surface area contributed by atoms with Crippen molar-refractivity contribution < 1.29 is 8.42 Å². The van der Waals surface area contributed by atoms with Crippen LogP contribution < -0.4 is 10.5 Å². The smallest absolute Gasteiger partial charge is 0.242 e. The Morgan fingerprint density at radius 2 is 2.05 bits per heavy atom. The van der Waals surface area contributed by atoms with Crippen molar-refractivity contribution in [2.45, 2.75) is 44.6 Å². The van der Waals surface area contributed by atoms with Crippen LogP contribution in [0.3, 0.4) is 0 Å². The highest BCUT2D eigenvalue weighted by atomic mass is 32.2. The molecule has 0 aliphatic rings. The van der Waals surface area contributed by atoms with Gasteiger partial charge >= 0.3 is 0 Å². The van der Waals surface area contributed by atoms with Crippen molar-refractivity contribution >= 4 is 15.7 Å². The number of benzene rings is 1. The Morgan fingerprint density at radius 3 is 2.55 bits per heavy atom. The average molecular weight is 295 g/mol. The number of sulfonamides is 1. The van der Waals surface area contributed by atoms with E-state index in [4.69, 9.17) is 11.0 Å². The highest BCUT2D eigenvalue weighted by molar-refractivity contribution is 7.89. The number of nitriles is 1. The molecule has 2 unspecified atom stereocenters. The van der Waals surface area contributed by atoms with Gasteiger partial charge < -0.3 is 5.73 Å².